The molecule has 3 aromatic rings. The summed E-state index contributed by atoms with van der Waals surface area (Å²) in [7, 11) is 0. The minimum Gasteiger partial charge on any atom is -0.485 e. The lowest BCUT2D eigenvalue weighted by Crippen LogP contribution is -2.26. The molecule has 4 rings (SSSR count). The van der Waals surface area contributed by atoms with E-state index in [1.54, 1.807) is 24.3 Å². The maximum Gasteiger partial charge on any atom is 0.416 e. The standard InChI is InChI=1S/C30H32F3NO5/c1-2-25-24(18-26(39-25)19-8-12-22(13-9-19)30(31,32)33)28(20-6-4-3-5-7-20)38-23-14-10-21(11-15-23)29(37)34-17-16-27(35)36/h8-15,18,20,28H,2-7,16-17H2,1H3,(H,34,37)(H,35,36). The smallest absolute Gasteiger partial charge is 0.416 e. The van der Waals surface area contributed by atoms with Crippen molar-refractivity contribution < 1.29 is 37.0 Å². The van der Waals surface area contributed by atoms with E-state index in [4.69, 9.17) is 14.3 Å². The van der Waals surface area contributed by atoms with E-state index >= 15 is 0 Å². The van der Waals surface area contributed by atoms with Gasteiger partial charge in [-0.3, -0.25) is 9.59 Å². The van der Waals surface area contributed by atoms with E-state index in [9.17, 15) is 22.8 Å². The molecule has 9 heteroatoms. The summed E-state index contributed by atoms with van der Waals surface area (Å²) in [5.41, 5.74) is 1.12. The number of halogens is 3. The Kier molecular flexibility index (Phi) is 8.99. The number of carboxylic acids is 1. The molecule has 1 aromatic heterocycles. The third-order valence-electron chi connectivity index (χ3n) is 7.05. The van der Waals surface area contributed by atoms with Gasteiger partial charge in [-0.05, 0) is 55.3 Å². The fourth-order valence-electron chi connectivity index (χ4n) is 4.99. The average molecular weight is 544 g/mol. The Morgan fingerprint density at radius 2 is 1.72 bits per heavy atom. The highest BCUT2D eigenvalue weighted by atomic mass is 19.4. The lowest BCUT2D eigenvalue weighted by Gasteiger charge is -2.31. The zero-order chi connectivity index (χ0) is 28.0. The number of benzene rings is 2. The van der Waals surface area contributed by atoms with Gasteiger partial charge >= 0.3 is 12.1 Å². The van der Waals surface area contributed by atoms with Crippen molar-refractivity contribution in [1.82, 2.24) is 5.32 Å². The van der Waals surface area contributed by atoms with Crippen LogP contribution in [0, 0.1) is 5.92 Å². The van der Waals surface area contributed by atoms with E-state index in [-0.39, 0.29) is 30.9 Å². The molecule has 1 aliphatic rings. The van der Waals surface area contributed by atoms with Crippen molar-refractivity contribution in [2.45, 2.75) is 64.1 Å². The minimum absolute atomic E-state index is 0.0394. The first kappa shape index (κ1) is 28.3. The summed E-state index contributed by atoms with van der Waals surface area (Å²) in [6.45, 7) is 2.01. The molecule has 6 nitrogen and oxygen atoms in total. The van der Waals surface area contributed by atoms with Crippen molar-refractivity contribution in [3.63, 3.8) is 0 Å². The number of furan rings is 1. The van der Waals surface area contributed by atoms with Crippen molar-refractivity contribution >= 4 is 11.9 Å². The van der Waals surface area contributed by atoms with Crippen LogP contribution >= 0.6 is 0 Å². The fourth-order valence-corrected chi connectivity index (χ4v) is 4.99. The SMILES string of the molecule is CCc1oc(-c2ccc(C(F)(F)F)cc2)cc1C(Oc1ccc(C(=O)NCCC(=O)O)cc1)C1CCCCC1. The molecule has 1 amide bonds. The summed E-state index contributed by atoms with van der Waals surface area (Å²) < 4.78 is 51.8. The van der Waals surface area contributed by atoms with Crippen molar-refractivity contribution in [3.8, 4) is 17.1 Å². The van der Waals surface area contributed by atoms with Gasteiger partial charge < -0.3 is 19.6 Å². The number of hydrogen-bond acceptors (Lipinski definition) is 4. The Labute approximate surface area is 225 Å². The minimum atomic E-state index is -4.41. The molecule has 1 atom stereocenters. The van der Waals surface area contributed by atoms with Crippen LogP contribution in [0.3, 0.4) is 0 Å². The van der Waals surface area contributed by atoms with Crippen LogP contribution in [0.15, 0.2) is 59.0 Å². The maximum atomic E-state index is 13.0. The molecule has 1 heterocycles. The lowest BCUT2D eigenvalue weighted by atomic mass is 9.82. The van der Waals surface area contributed by atoms with Gasteiger partial charge in [0.1, 0.15) is 23.4 Å². The third-order valence-corrected chi connectivity index (χ3v) is 7.05. The molecule has 2 aromatic carbocycles. The molecule has 1 aliphatic carbocycles. The van der Waals surface area contributed by atoms with Gasteiger partial charge in [0.05, 0.1) is 12.0 Å². The summed E-state index contributed by atoms with van der Waals surface area (Å²) in [5, 5.41) is 11.3. The van der Waals surface area contributed by atoms with E-state index in [0.717, 1.165) is 55.6 Å². The van der Waals surface area contributed by atoms with E-state index in [1.807, 2.05) is 13.0 Å². The van der Waals surface area contributed by atoms with Crippen LogP contribution in [0.5, 0.6) is 5.75 Å². The maximum absolute atomic E-state index is 13.0. The van der Waals surface area contributed by atoms with Crippen molar-refractivity contribution in [3.05, 3.63) is 77.0 Å². The second-order valence-corrected chi connectivity index (χ2v) is 9.78. The third kappa shape index (κ3) is 7.22. The van der Waals surface area contributed by atoms with E-state index in [2.05, 4.69) is 5.32 Å². The molecule has 1 fully saturated rings. The number of ether oxygens (including phenoxy) is 1. The summed E-state index contributed by atoms with van der Waals surface area (Å²) in [6.07, 6.45) is 1.02. The Hall–Kier alpha value is -3.75. The number of rotatable bonds is 10. The summed E-state index contributed by atoms with van der Waals surface area (Å²) >= 11 is 0. The lowest BCUT2D eigenvalue weighted by molar-refractivity contribution is -0.138. The average Bonchev–Trinajstić information content (AvgIpc) is 3.36. The number of aryl methyl sites for hydroxylation is 1. The largest absolute Gasteiger partial charge is 0.485 e. The predicted molar refractivity (Wildman–Crippen MR) is 139 cm³/mol. The van der Waals surface area contributed by atoms with E-state index < -0.39 is 17.7 Å². The Morgan fingerprint density at radius 3 is 2.31 bits per heavy atom. The highest BCUT2D eigenvalue weighted by Crippen LogP contribution is 2.42. The van der Waals surface area contributed by atoms with Gasteiger partial charge in [0, 0.05) is 35.6 Å². The van der Waals surface area contributed by atoms with Crippen molar-refractivity contribution in [2.75, 3.05) is 6.54 Å². The van der Waals surface area contributed by atoms with Gasteiger partial charge in [0.25, 0.3) is 5.91 Å². The van der Waals surface area contributed by atoms with E-state index in [1.165, 1.54) is 12.1 Å². The molecule has 208 valence electrons. The zero-order valence-corrected chi connectivity index (χ0v) is 21.7. The zero-order valence-electron chi connectivity index (χ0n) is 21.7. The van der Waals surface area contributed by atoms with Gasteiger partial charge in [0.2, 0.25) is 0 Å². The van der Waals surface area contributed by atoms with Crippen LogP contribution in [-0.2, 0) is 17.4 Å². The van der Waals surface area contributed by atoms with Crippen molar-refractivity contribution in [2.24, 2.45) is 5.92 Å². The highest BCUT2D eigenvalue weighted by molar-refractivity contribution is 5.94. The second-order valence-electron chi connectivity index (χ2n) is 9.78. The molecule has 1 saturated carbocycles. The number of alkyl halides is 3. The quantitative estimate of drug-likeness (QED) is 0.278. The summed E-state index contributed by atoms with van der Waals surface area (Å²) in [6, 6.07) is 13.5. The van der Waals surface area contributed by atoms with Gasteiger partial charge in [-0.1, -0.05) is 38.3 Å². The highest BCUT2D eigenvalue weighted by Gasteiger charge is 2.32. The van der Waals surface area contributed by atoms with Gasteiger partial charge in [-0.25, -0.2) is 0 Å². The molecular weight excluding hydrogens is 511 g/mol. The first-order valence-electron chi connectivity index (χ1n) is 13.2. The molecule has 0 bridgehead atoms. The molecule has 0 radical (unpaired) electrons. The van der Waals surface area contributed by atoms with Crippen LogP contribution in [0.2, 0.25) is 0 Å². The number of carbonyl (C=O) groups is 2. The number of nitrogens with one attached hydrogen (secondary N) is 1. The molecular formula is C30H32F3NO5. The van der Waals surface area contributed by atoms with Crippen molar-refractivity contribution in [1.29, 1.82) is 0 Å². The molecule has 0 spiro atoms. The van der Waals surface area contributed by atoms with Crippen LogP contribution in [0.1, 0.15) is 78.8 Å². The number of aliphatic carboxylic acids is 1. The topological polar surface area (TPSA) is 88.8 Å². The second kappa shape index (κ2) is 12.4. The fraction of sp³-hybridized carbons (Fsp3) is 0.400. The Morgan fingerprint density at radius 1 is 1.05 bits per heavy atom. The number of carbonyl (C=O) groups excluding carboxylic acids is 1. The molecule has 39 heavy (non-hydrogen) atoms. The van der Waals surface area contributed by atoms with Gasteiger partial charge in [-0.2, -0.15) is 13.2 Å². The predicted octanol–water partition coefficient (Wildman–Crippen LogP) is 7.43. The summed E-state index contributed by atoms with van der Waals surface area (Å²) in [5.74, 6) is 0.687. The van der Waals surface area contributed by atoms with Crippen LogP contribution in [-0.4, -0.2) is 23.5 Å². The Balaban J connectivity index is 1.58. The molecule has 0 saturated heterocycles. The first-order chi connectivity index (χ1) is 18.7. The number of amides is 1. The van der Waals surface area contributed by atoms with Crippen LogP contribution < -0.4 is 10.1 Å². The van der Waals surface area contributed by atoms with Gasteiger partial charge in [0.15, 0.2) is 0 Å². The molecule has 0 aliphatic heterocycles. The molecule has 1 unspecified atom stereocenters. The monoisotopic (exact) mass is 543 g/mol. The summed E-state index contributed by atoms with van der Waals surface area (Å²) in [4.78, 5) is 23.0. The Bertz CT molecular complexity index is 1260. The van der Waals surface area contributed by atoms with Crippen LogP contribution in [0.4, 0.5) is 13.2 Å². The number of hydrogen-bond donors (Lipinski definition) is 2. The molecule has 2 N–H and O–H groups in total. The van der Waals surface area contributed by atoms with Gasteiger partial charge in [-0.15, -0.1) is 0 Å². The first-order valence-corrected chi connectivity index (χ1v) is 13.2. The van der Waals surface area contributed by atoms with Crippen LogP contribution in [0.25, 0.3) is 11.3 Å². The van der Waals surface area contributed by atoms with E-state index in [0.29, 0.717) is 29.1 Å². The normalized spacial score (nSPS) is 15.1. The number of carboxylic acid groups (broad SMARTS) is 1.